The molecular formula is C16H18N4O4. The second-order valence-electron chi connectivity index (χ2n) is 6.15. The molecule has 0 aliphatic carbocycles. The average molecular weight is 330 g/mol. The number of H-pyrrole nitrogens is 1. The predicted molar refractivity (Wildman–Crippen MR) is 84.2 cm³/mol. The number of ether oxygens (including phenoxy) is 2. The maximum absolute atomic E-state index is 12.3. The minimum absolute atomic E-state index is 0.125. The van der Waals surface area contributed by atoms with Gasteiger partial charge < -0.3 is 19.4 Å². The number of methoxy groups -OCH3 is 2. The van der Waals surface area contributed by atoms with Gasteiger partial charge in [-0.25, -0.2) is 9.97 Å². The number of hydrogen-bond acceptors (Lipinski definition) is 7. The Bertz CT molecular complexity index is 774. The topological polar surface area (TPSA) is 97.4 Å². The quantitative estimate of drug-likeness (QED) is 0.835. The van der Waals surface area contributed by atoms with Crippen LogP contribution in [-0.4, -0.2) is 53.2 Å². The summed E-state index contributed by atoms with van der Waals surface area (Å²) in [5.41, 5.74) is 0.732. The number of aromatic amines is 1. The van der Waals surface area contributed by atoms with Crippen molar-refractivity contribution in [2.45, 2.75) is 24.9 Å². The molecule has 8 heteroatoms. The third-order valence-corrected chi connectivity index (χ3v) is 5.21. The summed E-state index contributed by atoms with van der Waals surface area (Å²) in [5.74, 6) is -1.08. The van der Waals surface area contributed by atoms with E-state index in [0.717, 1.165) is 29.7 Å². The van der Waals surface area contributed by atoms with E-state index in [0.29, 0.717) is 0 Å². The summed E-state index contributed by atoms with van der Waals surface area (Å²) in [4.78, 5) is 38.4. The Morgan fingerprint density at radius 1 is 1.12 bits per heavy atom. The Labute approximate surface area is 138 Å². The van der Waals surface area contributed by atoms with Gasteiger partial charge in [0.1, 0.15) is 17.8 Å². The number of carbonyl (C=O) groups excluding carboxylic acids is 2. The van der Waals surface area contributed by atoms with Gasteiger partial charge in [-0.15, -0.1) is 0 Å². The molecule has 2 aliphatic rings. The lowest BCUT2D eigenvalue weighted by Gasteiger charge is -2.24. The van der Waals surface area contributed by atoms with Crippen LogP contribution in [0, 0.1) is 11.8 Å². The summed E-state index contributed by atoms with van der Waals surface area (Å²) in [6.45, 7) is 0. The van der Waals surface area contributed by atoms with Crippen LogP contribution in [0.2, 0.25) is 0 Å². The van der Waals surface area contributed by atoms with Gasteiger partial charge in [0.05, 0.1) is 31.4 Å². The molecule has 0 saturated carbocycles. The van der Waals surface area contributed by atoms with Crippen molar-refractivity contribution >= 4 is 28.8 Å². The van der Waals surface area contributed by atoms with Crippen molar-refractivity contribution in [3.63, 3.8) is 0 Å². The highest BCUT2D eigenvalue weighted by Crippen LogP contribution is 2.49. The minimum atomic E-state index is -0.537. The monoisotopic (exact) mass is 330 g/mol. The molecule has 2 fully saturated rings. The highest BCUT2D eigenvalue weighted by Gasteiger charge is 2.60. The number of rotatable bonds is 3. The smallest absolute Gasteiger partial charge is 0.311 e. The average Bonchev–Trinajstić information content (AvgIpc) is 3.32. The molecule has 2 aliphatic heterocycles. The Balaban J connectivity index is 1.81. The summed E-state index contributed by atoms with van der Waals surface area (Å²) in [5, 5.41) is 0.878. The lowest BCUT2D eigenvalue weighted by Crippen LogP contribution is -2.39. The second kappa shape index (κ2) is 5.47. The van der Waals surface area contributed by atoms with Crippen LogP contribution >= 0.6 is 0 Å². The van der Waals surface area contributed by atoms with E-state index >= 15 is 0 Å². The SMILES string of the molecule is COC(=O)[C@@H]1[C@H](C(=O)OC)[C@@H]2CC[C@H]1N2c1ncnc2[nH]ccc12. The zero-order chi connectivity index (χ0) is 16.8. The van der Waals surface area contributed by atoms with Crippen molar-refractivity contribution in [1.82, 2.24) is 15.0 Å². The number of anilines is 1. The summed E-state index contributed by atoms with van der Waals surface area (Å²) >= 11 is 0. The van der Waals surface area contributed by atoms with E-state index in [9.17, 15) is 9.59 Å². The summed E-state index contributed by atoms with van der Waals surface area (Å²) in [6.07, 6.45) is 4.92. The highest BCUT2D eigenvalue weighted by atomic mass is 16.5. The third-order valence-electron chi connectivity index (χ3n) is 5.21. The summed E-state index contributed by atoms with van der Waals surface area (Å²) in [6, 6.07) is 1.65. The first-order chi connectivity index (χ1) is 11.7. The van der Waals surface area contributed by atoms with E-state index in [1.807, 2.05) is 6.07 Å². The summed E-state index contributed by atoms with van der Waals surface area (Å²) in [7, 11) is 2.70. The van der Waals surface area contributed by atoms with Crippen molar-refractivity contribution in [3.05, 3.63) is 18.6 Å². The van der Waals surface area contributed by atoms with E-state index in [1.165, 1.54) is 20.5 Å². The molecule has 24 heavy (non-hydrogen) atoms. The molecule has 0 unspecified atom stereocenters. The van der Waals surface area contributed by atoms with E-state index < -0.39 is 11.8 Å². The van der Waals surface area contributed by atoms with Crippen LogP contribution in [0.25, 0.3) is 11.0 Å². The maximum Gasteiger partial charge on any atom is 0.311 e. The lowest BCUT2D eigenvalue weighted by atomic mass is 9.79. The first-order valence-corrected chi connectivity index (χ1v) is 7.89. The lowest BCUT2D eigenvalue weighted by molar-refractivity contribution is -0.157. The van der Waals surface area contributed by atoms with Gasteiger partial charge in [0, 0.05) is 18.3 Å². The molecule has 0 amide bonds. The Hall–Kier alpha value is -2.64. The molecule has 4 atom stereocenters. The molecule has 0 aromatic carbocycles. The molecular weight excluding hydrogens is 312 g/mol. The zero-order valence-electron chi connectivity index (χ0n) is 13.4. The van der Waals surface area contributed by atoms with Crippen molar-refractivity contribution in [2.24, 2.45) is 11.8 Å². The standard InChI is InChI=1S/C16H18N4O4/c1-23-15(21)11-9-3-4-10(12(11)16(22)24-2)20(9)14-8-5-6-17-13(8)18-7-19-14/h5-7,9-12H,3-4H2,1-2H3,(H,17,18,19)/t9-,10+,11+,12-. The Morgan fingerprint density at radius 3 is 2.33 bits per heavy atom. The third kappa shape index (κ3) is 1.92. The van der Waals surface area contributed by atoms with Crippen molar-refractivity contribution in [3.8, 4) is 0 Å². The first kappa shape index (κ1) is 14.9. The number of fused-ring (bicyclic) bond motifs is 3. The molecule has 1 N–H and O–H groups in total. The number of aromatic nitrogens is 3. The fraction of sp³-hybridized carbons (Fsp3) is 0.500. The van der Waals surface area contributed by atoms with E-state index in [-0.39, 0.29) is 24.0 Å². The number of nitrogens with zero attached hydrogens (tertiary/aromatic N) is 3. The summed E-state index contributed by atoms with van der Waals surface area (Å²) < 4.78 is 9.91. The van der Waals surface area contributed by atoms with E-state index in [1.54, 1.807) is 6.20 Å². The van der Waals surface area contributed by atoms with Crippen LogP contribution in [0.5, 0.6) is 0 Å². The van der Waals surface area contributed by atoms with Gasteiger partial charge in [-0.3, -0.25) is 9.59 Å². The molecule has 4 heterocycles. The molecule has 0 radical (unpaired) electrons. The molecule has 126 valence electrons. The normalized spacial score (nSPS) is 28.3. The minimum Gasteiger partial charge on any atom is -0.469 e. The second-order valence-corrected chi connectivity index (χ2v) is 6.15. The van der Waals surface area contributed by atoms with Gasteiger partial charge in [0.15, 0.2) is 0 Å². The Morgan fingerprint density at radius 2 is 1.75 bits per heavy atom. The van der Waals surface area contributed by atoms with E-state index in [2.05, 4.69) is 19.9 Å². The van der Waals surface area contributed by atoms with Crippen LogP contribution in [-0.2, 0) is 19.1 Å². The van der Waals surface area contributed by atoms with Gasteiger partial charge in [0.25, 0.3) is 0 Å². The van der Waals surface area contributed by atoms with Gasteiger partial charge in [-0.2, -0.15) is 0 Å². The number of esters is 2. The first-order valence-electron chi connectivity index (χ1n) is 7.89. The fourth-order valence-corrected chi connectivity index (χ4v) is 4.31. The van der Waals surface area contributed by atoms with Crippen LogP contribution < -0.4 is 4.90 Å². The molecule has 4 rings (SSSR count). The zero-order valence-corrected chi connectivity index (χ0v) is 13.4. The van der Waals surface area contributed by atoms with Crippen LogP contribution in [0.4, 0.5) is 5.82 Å². The highest BCUT2D eigenvalue weighted by molar-refractivity contribution is 5.91. The molecule has 2 bridgehead atoms. The van der Waals surface area contributed by atoms with Crippen LogP contribution in [0.15, 0.2) is 18.6 Å². The van der Waals surface area contributed by atoms with E-state index in [4.69, 9.17) is 9.47 Å². The molecule has 2 aromatic rings. The van der Waals surface area contributed by atoms with Crippen LogP contribution in [0.3, 0.4) is 0 Å². The van der Waals surface area contributed by atoms with Crippen molar-refractivity contribution < 1.29 is 19.1 Å². The Kier molecular flexibility index (Phi) is 3.40. The van der Waals surface area contributed by atoms with Gasteiger partial charge in [-0.05, 0) is 18.9 Å². The molecule has 8 nitrogen and oxygen atoms in total. The molecule has 2 saturated heterocycles. The van der Waals surface area contributed by atoms with Crippen molar-refractivity contribution in [1.29, 1.82) is 0 Å². The van der Waals surface area contributed by atoms with Gasteiger partial charge in [0.2, 0.25) is 0 Å². The number of hydrogen-bond donors (Lipinski definition) is 1. The fourth-order valence-electron chi connectivity index (χ4n) is 4.31. The van der Waals surface area contributed by atoms with Gasteiger partial charge in [-0.1, -0.05) is 0 Å². The van der Waals surface area contributed by atoms with Gasteiger partial charge >= 0.3 is 11.9 Å². The predicted octanol–water partition coefficient (Wildman–Crippen LogP) is 0.887. The largest absolute Gasteiger partial charge is 0.469 e. The van der Waals surface area contributed by atoms with Crippen LogP contribution in [0.1, 0.15) is 12.8 Å². The molecule has 2 aromatic heterocycles. The molecule has 0 spiro atoms. The number of carbonyl (C=O) groups is 2. The maximum atomic E-state index is 12.3. The van der Waals surface area contributed by atoms with Crippen molar-refractivity contribution in [2.75, 3.05) is 19.1 Å². The number of nitrogens with one attached hydrogen (secondary N) is 1.